The van der Waals surface area contributed by atoms with Gasteiger partial charge in [0.05, 0.1) is 16.1 Å². The molecule has 0 aliphatic heterocycles. The summed E-state index contributed by atoms with van der Waals surface area (Å²) in [5.74, 6) is 0. The van der Waals surface area contributed by atoms with Crippen LogP contribution in [0.25, 0.3) is 0 Å². The summed E-state index contributed by atoms with van der Waals surface area (Å²) in [4.78, 5) is 4.69. The van der Waals surface area contributed by atoms with E-state index in [1.54, 1.807) is 12.4 Å². The number of hydrogen-bond acceptors (Lipinski definition) is 5. The topological polar surface area (TPSA) is 82.3 Å². The van der Waals surface area contributed by atoms with E-state index in [9.17, 15) is 8.42 Å². The van der Waals surface area contributed by atoms with Crippen molar-refractivity contribution in [2.24, 2.45) is 5.14 Å². The molecule has 1 aromatic heterocycles. The Labute approximate surface area is 74.4 Å². The number of thiazole rings is 1. The van der Waals surface area contributed by atoms with Crippen LogP contribution in [-0.2, 0) is 21.1 Å². The molecule has 1 heterocycles. The number of nitrogens with two attached hydrogens (primary N) is 1. The molecule has 12 heavy (non-hydrogen) atoms. The zero-order valence-electron chi connectivity index (χ0n) is 6.35. The minimum absolute atomic E-state index is 0.0324. The van der Waals surface area contributed by atoms with E-state index in [2.05, 4.69) is 14.3 Å². The van der Waals surface area contributed by atoms with Crippen LogP contribution in [0.2, 0.25) is 0 Å². The third-order valence-electron chi connectivity index (χ3n) is 1.20. The standard InChI is InChI=1S/C5H8N2O3S2/c1-4-5(11-3-7-4)2-10-12(6,8)9/h3H,2H2,1H3,(H2,6,8,9). The SMILES string of the molecule is Cc1ncsc1COS(N)(=O)=O. The van der Waals surface area contributed by atoms with Crippen molar-refractivity contribution in [3.05, 3.63) is 16.1 Å². The van der Waals surface area contributed by atoms with Crippen molar-refractivity contribution >= 4 is 21.6 Å². The van der Waals surface area contributed by atoms with E-state index < -0.39 is 10.3 Å². The molecule has 1 aromatic rings. The smallest absolute Gasteiger partial charge is 0.252 e. The Bertz CT molecular complexity index is 357. The second kappa shape index (κ2) is 3.48. The Hall–Kier alpha value is -0.500. The molecular formula is C5H8N2O3S2. The molecule has 0 saturated heterocycles. The van der Waals surface area contributed by atoms with Crippen LogP contribution in [0.3, 0.4) is 0 Å². The normalized spacial score (nSPS) is 11.8. The van der Waals surface area contributed by atoms with Crippen LogP contribution in [0, 0.1) is 6.92 Å². The highest BCUT2D eigenvalue weighted by atomic mass is 32.2. The molecule has 0 unspecified atom stereocenters. The highest BCUT2D eigenvalue weighted by Crippen LogP contribution is 2.13. The maximum Gasteiger partial charge on any atom is 0.333 e. The zero-order valence-corrected chi connectivity index (χ0v) is 7.98. The fourth-order valence-electron chi connectivity index (χ4n) is 0.600. The van der Waals surface area contributed by atoms with Gasteiger partial charge in [-0.05, 0) is 6.92 Å². The number of nitrogens with zero attached hydrogens (tertiary/aromatic N) is 1. The minimum atomic E-state index is -3.84. The molecule has 0 saturated carbocycles. The fraction of sp³-hybridized carbons (Fsp3) is 0.400. The van der Waals surface area contributed by atoms with Crippen LogP contribution in [0.1, 0.15) is 10.6 Å². The van der Waals surface area contributed by atoms with Gasteiger partial charge in [-0.3, -0.25) is 4.18 Å². The second-order valence-electron chi connectivity index (χ2n) is 2.12. The summed E-state index contributed by atoms with van der Waals surface area (Å²) in [6.07, 6.45) is 0. The van der Waals surface area contributed by atoms with Gasteiger partial charge >= 0.3 is 10.3 Å². The summed E-state index contributed by atoms with van der Waals surface area (Å²) in [7, 11) is -3.84. The van der Waals surface area contributed by atoms with E-state index in [0.29, 0.717) is 0 Å². The molecule has 7 heteroatoms. The average Bonchev–Trinajstić information content (AvgIpc) is 2.29. The monoisotopic (exact) mass is 208 g/mol. The van der Waals surface area contributed by atoms with E-state index in [4.69, 9.17) is 0 Å². The molecule has 1 rings (SSSR count). The van der Waals surface area contributed by atoms with Gasteiger partial charge < -0.3 is 0 Å². The van der Waals surface area contributed by atoms with E-state index in [1.165, 1.54) is 11.3 Å². The van der Waals surface area contributed by atoms with Gasteiger partial charge in [-0.1, -0.05) is 0 Å². The quantitative estimate of drug-likeness (QED) is 0.767. The molecule has 0 atom stereocenters. The van der Waals surface area contributed by atoms with Crippen LogP contribution >= 0.6 is 11.3 Å². The van der Waals surface area contributed by atoms with Gasteiger partial charge in [-0.25, -0.2) is 10.1 Å². The third kappa shape index (κ3) is 2.86. The summed E-state index contributed by atoms with van der Waals surface area (Å²) >= 11 is 1.33. The van der Waals surface area contributed by atoms with Crippen molar-refractivity contribution in [2.75, 3.05) is 0 Å². The molecule has 68 valence electrons. The number of aromatic nitrogens is 1. The van der Waals surface area contributed by atoms with Crippen LogP contribution in [0.5, 0.6) is 0 Å². The molecule has 0 fully saturated rings. The van der Waals surface area contributed by atoms with E-state index in [0.717, 1.165) is 10.6 Å². The number of rotatable bonds is 3. The van der Waals surface area contributed by atoms with Gasteiger partial charge in [0.1, 0.15) is 6.61 Å². The van der Waals surface area contributed by atoms with Crippen LogP contribution in [0.15, 0.2) is 5.51 Å². The van der Waals surface area contributed by atoms with E-state index >= 15 is 0 Å². The summed E-state index contributed by atoms with van der Waals surface area (Å²) in [5, 5.41) is 4.64. The van der Waals surface area contributed by atoms with Crippen molar-refractivity contribution in [2.45, 2.75) is 13.5 Å². The Morgan fingerprint density at radius 2 is 2.42 bits per heavy atom. The highest BCUT2D eigenvalue weighted by molar-refractivity contribution is 7.84. The van der Waals surface area contributed by atoms with Crippen molar-refractivity contribution in [1.29, 1.82) is 0 Å². The van der Waals surface area contributed by atoms with Gasteiger partial charge in [0.25, 0.3) is 0 Å². The first-order chi connectivity index (χ1) is 5.49. The second-order valence-corrected chi connectivity index (χ2v) is 4.28. The Morgan fingerprint density at radius 3 is 2.83 bits per heavy atom. The first-order valence-electron chi connectivity index (χ1n) is 3.05. The lowest BCUT2D eigenvalue weighted by Crippen LogP contribution is -2.15. The predicted octanol–water partition coefficient (Wildman–Crippen LogP) is 0.172. The van der Waals surface area contributed by atoms with Crippen LogP contribution in [-0.4, -0.2) is 13.4 Å². The molecule has 0 aromatic carbocycles. The molecule has 0 amide bonds. The van der Waals surface area contributed by atoms with E-state index in [1.807, 2.05) is 0 Å². The molecule has 0 aliphatic rings. The van der Waals surface area contributed by atoms with Gasteiger partial charge in [-0.2, -0.15) is 8.42 Å². The molecule has 0 bridgehead atoms. The van der Waals surface area contributed by atoms with Crippen LogP contribution in [0.4, 0.5) is 0 Å². The number of aryl methyl sites for hydroxylation is 1. The fourth-order valence-corrected chi connectivity index (χ4v) is 1.65. The molecular weight excluding hydrogens is 200 g/mol. The lowest BCUT2D eigenvalue weighted by atomic mass is 10.4. The van der Waals surface area contributed by atoms with E-state index in [-0.39, 0.29) is 6.61 Å². The first-order valence-corrected chi connectivity index (χ1v) is 5.40. The Morgan fingerprint density at radius 1 is 1.75 bits per heavy atom. The molecule has 5 nitrogen and oxygen atoms in total. The number of hydrogen-bond donors (Lipinski definition) is 1. The summed E-state index contributed by atoms with van der Waals surface area (Å²) in [5.41, 5.74) is 2.39. The van der Waals surface area contributed by atoms with Crippen molar-refractivity contribution in [1.82, 2.24) is 4.98 Å². The lowest BCUT2D eigenvalue weighted by molar-refractivity contribution is 0.311. The third-order valence-corrected chi connectivity index (χ3v) is 2.55. The molecule has 0 aliphatic carbocycles. The summed E-state index contributed by atoms with van der Waals surface area (Å²) < 4.78 is 25.1. The maximum atomic E-state index is 10.4. The zero-order chi connectivity index (χ0) is 9.19. The Balaban J connectivity index is 2.61. The van der Waals surface area contributed by atoms with Crippen molar-refractivity contribution in [3.8, 4) is 0 Å². The average molecular weight is 208 g/mol. The van der Waals surface area contributed by atoms with Gasteiger partial charge in [-0.15, -0.1) is 11.3 Å². The van der Waals surface area contributed by atoms with Gasteiger partial charge in [0.2, 0.25) is 0 Å². The van der Waals surface area contributed by atoms with Gasteiger partial charge in [0, 0.05) is 0 Å². The highest BCUT2D eigenvalue weighted by Gasteiger charge is 2.06. The summed E-state index contributed by atoms with van der Waals surface area (Å²) in [6.45, 7) is 1.74. The maximum absolute atomic E-state index is 10.4. The first kappa shape index (κ1) is 9.59. The summed E-state index contributed by atoms with van der Waals surface area (Å²) in [6, 6.07) is 0. The molecule has 0 radical (unpaired) electrons. The molecule has 0 spiro atoms. The van der Waals surface area contributed by atoms with Crippen LogP contribution < -0.4 is 5.14 Å². The minimum Gasteiger partial charge on any atom is -0.252 e. The Kier molecular flexibility index (Phi) is 2.78. The van der Waals surface area contributed by atoms with Gasteiger partial charge in [0.15, 0.2) is 0 Å². The largest absolute Gasteiger partial charge is 0.333 e. The van der Waals surface area contributed by atoms with Crippen molar-refractivity contribution < 1.29 is 12.6 Å². The lowest BCUT2D eigenvalue weighted by Gasteiger charge is -1.97. The predicted molar refractivity (Wildman–Crippen MR) is 44.7 cm³/mol. The molecule has 2 N–H and O–H groups in total. The van der Waals surface area contributed by atoms with Crippen molar-refractivity contribution in [3.63, 3.8) is 0 Å².